The lowest BCUT2D eigenvalue weighted by atomic mass is 10.0. The van der Waals surface area contributed by atoms with Gasteiger partial charge in [0.05, 0.1) is 16.1 Å². The van der Waals surface area contributed by atoms with Gasteiger partial charge in [-0.1, -0.05) is 18.2 Å². The Labute approximate surface area is 113 Å². The van der Waals surface area contributed by atoms with E-state index in [-0.39, 0.29) is 5.78 Å². The molecule has 3 aromatic rings. The summed E-state index contributed by atoms with van der Waals surface area (Å²) < 4.78 is 5.54. The molecule has 0 atom stereocenters. The molecule has 4 rings (SSSR count). The Morgan fingerprint density at radius 2 is 2.11 bits per heavy atom. The van der Waals surface area contributed by atoms with Crippen molar-refractivity contribution >= 4 is 28.1 Å². The van der Waals surface area contributed by atoms with Gasteiger partial charge < -0.3 is 4.42 Å². The van der Waals surface area contributed by atoms with Gasteiger partial charge in [-0.15, -0.1) is 11.3 Å². The SMILES string of the molecule is O=C1CCCc2nc(-c3coc4ccccc34)sc21. The van der Waals surface area contributed by atoms with Crippen molar-refractivity contribution in [3.05, 3.63) is 41.1 Å². The highest BCUT2D eigenvalue weighted by Gasteiger charge is 2.23. The Kier molecular flexibility index (Phi) is 2.32. The summed E-state index contributed by atoms with van der Waals surface area (Å²) in [6, 6.07) is 7.90. The summed E-state index contributed by atoms with van der Waals surface area (Å²) in [6.45, 7) is 0. The van der Waals surface area contributed by atoms with E-state index in [2.05, 4.69) is 4.98 Å². The van der Waals surface area contributed by atoms with Crippen LogP contribution in [0.25, 0.3) is 21.5 Å². The van der Waals surface area contributed by atoms with Crippen molar-refractivity contribution in [1.82, 2.24) is 4.98 Å². The summed E-state index contributed by atoms with van der Waals surface area (Å²) >= 11 is 1.50. The van der Waals surface area contributed by atoms with Crippen LogP contribution >= 0.6 is 11.3 Å². The molecule has 0 fully saturated rings. The molecular weight excluding hydrogens is 258 g/mol. The molecule has 0 N–H and O–H groups in total. The zero-order valence-electron chi connectivity index (χ0n) is 10.2. The summed E-state index contributed by atoms with van der Waals surface area (Å²) in [6.07, 6.45) is 4.22. The maximum absolute atomic E-state index is 11.9. The van der Waals surface area contributed by atoms with Gasteiger partial charge in [-0.3, -0.25) is 4.79 Å². The molecule has 1 aromatic carbocycles. The van der Waals surface area contributed by atoms with E-state index in [4.69, 9.17) is 4.42 Å². The topological polar surface area (TPSA) is 43.1 Å². The summed E-state index contributed by atoms with van der Waals surface area (Å²) in [7, 11) is 0. The van der Waals surface area contributed by atoms with E-state index >= 15 is 0 Å². The first-order valence-electron chi connectivity index (χ1n) is 6.32. The maximum Gasteiger partial charge on any atom is 0.174 e. The Morgan fingerprint density at radius 1 is 1.21 bits per heavy atom. The van der Waals surface area contributed by atoms with E-state index in [0.717, 1.165) is 45.0 Å². The second kappa shape index (κ2) is 4.03. The Balaban J connectivity index is 1.91. The van der Waals surface area contributed by atoms with E-state index in [1.165, 1.54) is 11.3 Å². The molecule has 2 heterocycles. The number of ketones is 1. The van der Waals surface area contributed by atoms with Crippen molar-refractivity contribution in [2.75, 3.05) is 0 Å². The van der Waals surface area contributed by atoms with Crippen LogP contribution in [0.2, 0.25) is 0 Å². The Morgan fingerprint density at radius 3 is 3.00 bits per heavy atom. The normalized spacial score (nSPS) is 14.8. The molecule has 0 amide bonds. The van der Waals surface area contributed by atoms with Crippen molar-refractivity contribution in [3.8, 4) is 10.6 Å². The Hall–Kier alpha value is -1.94. The van der Waals surface area contributed by atoms with Crippen LogP contribution in [0.4, 0.5) is 0 Å². The smallest absolute Gasteiger partial charge is 0.174 e. The molecule has 0 saturated carbocycles. The summed E-state index contributed by atoms with van der Waals surface area (Å²) in [5.41, 5.74) is 2.81. The van der Waals surface area contributed by atoms with Crippen LogP contribution in [-0.2, 0) is 6.42 Å². The number of carbonyl (C=O) groups excluding carboxylic acids is 1. The van der Waals surface area contributed by atoms with Gasteiger partial charge in [0.1, 0.15) is 16.9 Å². The number of aromatic nitrogens is 1. The van der Waals surface area contributed by atoms with Crippen molar-refractivity contribution < 1.29 is 9.21 Å². The van der Waals surface area contributed by atoms with Crippen LogP contribution in [0, 0.1) is 0 Å². The lowest BCUT2D eigenvalue weighted by molar-refractivity contribution is 0.0976. The van der Waals surface area contributed by atoms with Crippen molar-refractivity contribution in [3.63, 3.8) is 0 Å². The minimum atomic E-state index is 0.234. The number of aryl methyl sites for hydroxylation is 1. The monoisotopic (exact) mass is 269 g/mol. The number of nitrogens with zero attached hydrogens (tertiary/aromatic N) is 1. The van der Waals surface area contributed by atoms with Gasteiger partial charge in [0, 0.05) is 11.8 Å². The first-order valence-corrected chi connectivity index (χ1v) is 7.14. The number of benzene rings is 1. The number of hydrogen-bond acceptors (Lipinski definition) is 4. The molecule has 3 nitrogen and oxygen atoms in total. The molecule has 0 radical (unpaired) electrons. The summed E-state index contributed by atoms with van der Waals surface area (Å²) in [5.74, 6) is 0.234. The third-order valence-corrected chi connectivity index (χ3v) is 4.65. The fourth-order valence-electron chi connectivity index (χ4n) is 2.53. The average Bonchev–Trinajstić information content (AvgIpc) is 3.02. The van der Waals surface area contributed by atoms with Gasteiger partial charge in [0.15, 0.2) is 5.78 Å². The molecule has 0 spiro atoms. The minimum absolute atomic E-state index is 0.234. The Bertz CT molecular complexity index is 784. The first-order chi connectivity index (χ1) is 9.33. The molecule has 1 aliphatic rings. The lowest BCUT2D eigenvalue weighted by Gasteiger charge is -2.06. The second-order valence-electron chi connectivity index (χ2n) is 4.72. The fraction of sp³-hybridized carbons (Fsp3) is 0.200. The molecule has 0 saturated heterocycles. The molecule has 2 aromatic heterocycles. The number of para-hydroxylation sites is 1. The maximum atomic E-state index is 11.9. The zero-order chi connectivity index (χ0) is 12.8. The zero-order valence-corrected chi connectivity index (χ0v) is 11.0. The first kappa shape index (κ1) is 10.9. The standard InChI is InChI=1S/C15H11NO2S/c17-12-6-3-5-11-14(12)19-15(16-11)10-8-18-13-7-2-1-4-9(10)13/h1-2,4,7-8H,3,5-6H2. The molecule has 0 aliphatic heterocycles. The van der Waals surface area contributed by atoms with Crippen LogP contribution in [-0.4, -0.2) is 10.8 Å². The van der Waals surface area contributed by atoms with E-state index in [9.17, 15) is 4.79 Å². The predicted octanol–water partition coefficient (Wildman–Crippen LogP) is 4.08. The van der Waals surface area contributed by atoms with E-state index in [1.54, 1.807) is 6.26 Å². The van der Waals surface area contributed by atoms with Gasteiger partial charge in [-0.05, 0) is 18.9 Å². The molecule has 1 aliphatic carbocycles. The number of furan rings is 1. The highest BCUT2D eigenvalue weighted by atomic mass is 32.1. The number of carbonyl (C=O) groups is 1. The van der Waals surface area contributed by atoms with Crippen molar-refractivity contribution in [2.24, 2.45) is 0 Å². The van der Waals surface area contributed by atoms with Crippen molar-refractivity contribution in [1.29, 1.82) is 0 Å². The lowest BCUT2D eigenvalue weighted by Crippen LogP contribution is -2.07. The third-order valence-electron chi connectivity index (χ3n) is 3.48. The number of Topliss-reactive ketones (excluding diaryl/α,β-unsaturated/α-hetero) is 1. The molecule has 94 valence electrons. The fourth-order valence-corrected chi connectivity index (χ4v) is 3.63. The molecule has 4 heteroatoms. The quantitative estimate of drug-likeness (QED) is 0.668. The van der Waals surface area contributed by atoms with Gasteiger partial charge >= 0.3 is 0 Å². The number of fused-ring (bicyclic) bond motifs is 2. The largest absolute Gasteiger partial charge is 0.464 e. The van der Waals surface area contributed by atoms with Crippen LogP contribution in [0.15, 0.2) is 34.9 Å². The minimum Gasteiger partial charge on any atom is -0.464 e. The van der Waals surface area contributed by atoms with Crippen LogP contribution in [0.1, 0.15) is 28.2 Å². The molecule has 0 unspecified atom stereocenters. The number of rotatable bonds is 1. The predicted molar refractivity (Wildman–Crippen MR) is 74.6 cm³/mol. The van der Waals surface area contributed by atoms with Crippen LogP contribution in [0.3, 0.4) is 0 Å². The van der Waals surface area contributed by atoms with Crippen LogP contribution in [0.5, 0.6) is 0 Å². The highest BCUT2D eigenvalue weighted by molar-refractivity contribution is 7.17. The second-order valence-corrected chi connectivity index (χ2v) is 5.72. The summed E-state index contributed by atoms with van der Waals surface area (Å²) in [4.78, 5) is 17.3. The van der Waals surface area contributed by atoms with Gasteiger partial charge in [0.2, 0.25) is 0 Å². The summed E-state index contributed by atoms with van der Waals surface area (Å²) in [5, 5.41) is 1.95. The van der Waals surface area contributed by atoms with Gasteiger partial charge in [0.25, 0.3) is 0 Å². The number of hydrogen-bond donors (Lipinski definition) is 0. The van der Waals surface area contributed by atoms with Crippen LogP contribution < -0.4 is 0 Å². The van der Waals surface area contributed by atoms with Crippen molar-refractivity contribution in [2.45, 2.75) is 19.3 Å². The average molecular weight is 269 g/mol. The van der Waals surface area contributed by atoms with Gasteiger partial charge in [-0.2, -0.15) is 0 Å². The molecule has 19 heavy (non-hydrogen) atoms. The third kappa shape index (κ3) is 1.64. The highest BCUT2D eigenvalue weighted by Crippen LogP contribution is 2.36. The van der Waals surface area contributed by atoms with Gasteiger partial charge in [-0.25, -0.2) is 4.98 Å². The van der Waals surface area contributed by atoms with E-state index in [1.807, 2.05) is 24.3 Å². The molecular formula is C15H11NO2S. The van der Waals surface area contributed by atoms with E-state index < -0.39 is 0 Å². The molecule has 0 bridgehead atoms. The van der Waals surface area contributed by atoms with E-state index in [0.29, 0.717) is 6.42 Å². The number of thiazole rings is 1.